The zero-order valence-electron chi connectivity index (χ0n) is 14.9. The van der Waals surface area contributed by atoms with Crippen LogP contribution in [0, 0.1) is 0 Å². The largest absolute Gasteiger partial charge is 0.361 e. The van der Waals surface area contributed by atoms with Gasteiger partial charge in [0.05, 0.1) is 12.2 Å². The van der Waals surface area contributed by atoms with Gasteiger partial charge in [0.15, 0.2) is 5.96 Å². The first kappa shape index (κ1) is 22.0. The molecule has 0 aliphatic heterocycles. The van der Waals surface area contributed by atoms with Crippen molar-refractivity contribution in [1.82, 2.24) is 15.8 Å². The summed E-state index contributed by atoms with van der Waals surface area (Å²) in [5.41, 5.74) is 3.32. The molecule has 0 amide bonds. The van der Waals surface area contributed by atoms with Crippen molar-refractivity contribution in [2.45, 2.75) is 46.7 Å². The van der Waals surface area contributed by atoms with E-state index >= 15 is 0 Å². The van der Waals surface area contributed by atoms with E-state index in [4.69, 9.17) is 4.52 Å². The monoisotopic (exact) mass is 520 g/mol. The molecular formula is C18H26BrIN4O. The SMILES string of the molecule is CCNC(=NCc1cccc(Br)c1)NCc1c(CC)noc1CC.I. The first-order valence-corrected chi connectivity index (χ1v) is 9.20. The number of hydrogen-bond donors (Lipinski definition) is 2. The number of aromatic nitrogens is 1. The Morgan fingerprint density at radius 3 is 2.64 bits per heavy atom. The molecule has 138 valence electrons. The van der Waals surface area contributed by atoms with Gasteiger partial charge in [-0.3, -0.25) is 0 Å². The Morgan fingerprint density at radius 2 is 2.00 bits per heavy atom. The molecule has 2 N–H and O–H groups in total. The van der Waals surface area contributed by atoms with Crippen molar-refractivity contribution >= 4 is 45.9 Å². The molecule has 7 heteroatoms. The van der Waals surface area contributed by atoms with Crippen LogP contribution in [-0.4, -0.2) is 17.7 Å². The van der Waals surface area contributed by atoms with Gasteiger partial charge in [0, 0.05) is 29.5 Å². The third kappa shape index (κ3) is 6.62. The van der Waals surface area contributed by atoms with Crippen LogP contribution in [-0.2, 0) is 25.9 Å². The molecule has 0 saturated carbocycles. The number of nitrogens with zero attached hydrogens (tertiary/aromatic N) is 2. The predicted molar refractivity (Wildman–Crippen MR) is 116 cm³/mol. The maximum absolute atomic E-state index is 5.42. The van der Waals surface area contributed by atoms with Crippen molar-refractivity contribution in [3.63, 3.8) is 0 Å². The highest BCUT2D eigenvalue weighted by Gasteiger charge is 2.13. The van der Waals surface area contributed by atoms with Crippen molar-refractivity contribution in [3.05, 3.63) is 51.3 Å². The highest BCUT2D eigenvalue weighted by atomic mass is 127. The highest BCUT2D eigenvalue weighted by Crippen LogP contribution is 2.15. The molecule has 1 aromatic heterocycles. The van der Waals surface area contributed by atoms with Crippen LogP contribution in [0.1, 0.15) is 43.4 Å². The first-order valence-electron chi connectivity index (χ1n) is 8.40. The highest BCUT2D eigenvalue weighted by molar-refractivity contribution is 14.0. The molecular weight excluding hydrogens is 495 g/mol. The molecule has 2 rings (SSSR count). The number of benzene rings is 1. The van der Waals surface area contributed by atoms with Gasteiger partial charge >= 0.3 is 0 Å². The van der Waals surface area contributed by atoms with E-state index in [9.17, 15) is 0 Å². The van der Waals surface area contributed by atoms with Crippen molar-refractivity contribution in [1.29, 1.82) is 0 Å². The molecule has 0 atom stereocenters. The van der Waals surface area contributed by atoms with Gasteiger partial charge in [-0.05, 0) is 31.0 Å². The Hall–Kier alpha value is -1.09. The van der Waals surface area contributed by atoms with E-state index in [1.54, 1.807) is 0 Å². The minimum atomic E-state index is 0. The summed E-state index contributed by atoms with van der Waals surface area (Å²) in [6, 6.07) is 8.19. The molecule has 0 aliphatic carbocycles. The van der Waals surface area contributed by atoms with Gasteiger partial charge in [0.2, 0.25) is 0 Å². The second-order valence-electron chi connectivity index (χ2n) is 5.42. The molecule has 0 unspecified atom stereocenters. The van der Waals surface area contributed by atoms with Crippen LogP contribution in [0.5, 0.6) is 0 Å². The molecule has 5 nitrogen and oxygen atoms in total. The normalized spacial score (nSPS) is 11.1. The molecule has 1 aromatic carbocycles. The van der Waals surface area contributed by atoms with Crippen LogP contribution in [0.15, 0.2) is 38.3 Å². The lowest BCUT2D eigenvalue weighted by atomic mass is 10.1. The Morgan fingerprint density at radius 1 is 1.20 bits per heavy atom. The summed E-state index contributed by atoms with van der Waals surface area (Å²) in [4.78, 5) is 4.66. The van der Waals surface area contributed by atoms with Crippen molar-refractivity contribution in [3.8, 4) is 0 Å². The fourth-order valence-corrected chi connectivity index (χ4v) is 2.90. The second kappa shape index (κ2) is 11.5. The molecule has 0 fully saturated rings. The van der Waals surface area contributed by atoms with E-state index in [0.29, 0.717) is 13.1 Å². The number of hydrogen-bond acceptors (Lipinski definition) is 3. The molecule has 0 spiro atoms. The Kier molecular flexibility index (Phi) is 10.1. The summed E-state index contributed by atoms with van der Waals surface area (Å²) < 4.78 is 6.48. The average molecular weight is 521 g/mol. The summed E-state index contributed by atoms with van der Waals surface area (Å²) in [7, 11) is 0. The van der Waals surface area contributed by atoms with E-state index in [2.05, 4.69) is 69.6 Å². The maximum atomic E-state index is 5.42. The van der Waals surface area contributed by atoms with E-state index in [1.165, 1.54) is 0 Å². The number of aliphatic imine (C=N–C) groups is 1. The number of nitrogens with one attached hydrogen (secondary N) is 2. The Balaban J connectivity index is 0.00000312. The van der Waals surface area contributed by atoms with E-state index in [1.807, 2.05) is 12.1 Å². The van der Waals surface area contributed by atoms with Gasteiger partial charge in [-0.2, -0.15) is 0 Å². The second-order valence-corrected chi connectivity index (χ2v) is 6.33. The molecule has 1 heterocycles. The standard InChI is InChI=1S/C18H25BrN4O.HI/c1-4-16-15(17(5-2)24-23-16)12-22-18(20-6-3)21-11-13-8-7-9-14(19)10-13;/h7-10H,4-6,11-12H2,1-3H3,(H2,20,21,22);1H. The lowest BCUT2D eigenvalue weighted by molar-refractivity contribution is 0.380. The minimum absolute atomic E-state index is 0. The van der Waals surface area contributed by atoms with E-state index in [-0.39, 0.29) is 24.0 Å². The van der Waals surface area contributed by atoms with Gasteiger partial charge in [-0.25, -0.2) is 4.99 Å². The van der Waals surface area contributed by atoms with Gasteiger partial charge in [0.1, 0.15) is 5.76 Å². The van der Waals surface area contributed by atoms with Crippen molar-refractivity contribution in [2.75, 3.05) is 6.54 Å². The summed E-state index contributed by atoms with van der Waals surface area (Å²) in [5.74, 6) is 1.74. The fraction of sp³-hybridized carbons (Fsp3) is 0.444. The molecule has 0 aliphatic rings. The quantitative estimate of drug-likeness (QED) is 0.322. The van der Waals surface area contributed by atoms with E-state index < -0.39 is 0 Å². The fourth-order valence-electron chi connectivity index (χ4n) is 2.46. The van der Waals surface area contributed by atoms with Crippen LogP contribution in [0.3, 0.4) is 0 Å². The van der Waals surface area contributed by atoms with Crippen molar-refractivity contribution in [2.24, 2.45) is 4.99 Å². The Labute approximate surface area is 175 Å². The molecule has 25 heavy (non-hydrogen) atoms. The minimum Gasteiger partial charge on any atom is -0.361 e. The van der Waals surface area contributed by atoms with Crippen LogP contribution >= 0.6 is 39.9 Å². The van der Waals surface area contributed by atoms with E-state index in [0.717, 1.165) is 52.4 Å². The maximum Gasteiger partial charge on any atom is 0.191 e. The number of guanidine groups is 1. The van der Waals surface area contributed by atoms with Gasteiger partial charge in [-0.15, -0.1) is 24.0 Å². The van der Waals surface area contributed by atoms with Crippen LogP contribution in [0.2, 0.25) is 0 Å². The number of rotatable bonds is 7. The first-order chi connectivity index (χ1) is 11.7. The van der Waals surface area contributed by atoms with Crippen molar-refractivity contribution < 1.29 is 4.52 Å². The third-order valence-electron chi connectivity index (χ3n) is 3.69. The summed E-state index contributed by atoms with van der Waals surface area (Å²) >= 11 is 3.49. The van der Waals surface area contributed by atoms with Crippen LogP contribution in [0.4, 0.5) is 0 Å². The summed E-state index contributed by atoms with van der Waals surface area (Å²) in [5, 5.41) is 10.8. The van der Waals surface area contributed by atoms with Crippen LogP contribution in [0.25, 0.3) is 0 Å². The average Bonchev–Trinajstić information content (AvgIpc) is 2.99. The lowest BCUT2D eigenvalue weighted by Crippen LogP contribution is -2.37. The number of halogens is 2. The third-order valence-corrected chi connectivity index (χ3v) is 4.19. The zero-order valence-corrected chi connectivity index (χ0v) is 18.9. The number of aryl methyl sites for hydroxylation is 2. The molecule has 0 radical (unpaired) electrons. The zero-order chi connectivity index (χ0) is 17.4. The summed E-state index contributed by atoms with van der Waals surface area (Å²) in [6.45, 7) is 8.34. The molecule has 0 saturated heterocycles. The Bertz CT molecular complexity index is 666. The van der Waals surface area contributed by atoms with Gasteiger partial charge < -0.3 is 15.2 Å². The lowest BCUT2D eigenvalue weighted by Gasteiger charge is -2.11. The van der Waals surface area contributed by atoms with Gasteiger partial charge in [0.25, 0.3) is 0 Å². The topological polar surface area (TPSA) is 62.5 Å². The summed E-state index contributed by atoms with van der Waals surface area (Å²) in [6.07, 6.45) is 1.71. The predicted octanol–water partition coefficient (Wildman–Crippen LogP) is 4.44. The molecule has 2 aromatic rings. The van der Waals surface area contributed by atoms with Crippen LogP contribution < -0.4 is 10.6 Å². The smallest absolute Gasteiger partial charge is 0.191 e. The van der Waals surface area contributed by atoms with Gasteiger partial charge in [-0.1, -0.05) is 47.1 Å². The molecule has 0 bridgehead atoms.